The third-order valence-electron chi connectivity index (χ3n) is 3.78. The van der Waals surface area contributed by atoms with Gasteiger partial charge >= 0.3 is 0 Å². The van der Waals surface area contributed by atoms with Crippen LogP contribution < -0.4 is 0 Å². The van der Waals surface area contributed by atoms with Crippen LogP contribution in [0.2, 0.25) is 0 Å². The highest BCUT2D eigenvalue weighted by Crippen LogP contribution is 2.19. The van der Waals surface area contributed by atoms with E-state index in [4.69, 9.17) is 4.42 Å². The van der Waals surface area contributed by atoms with Gasteiger partial charge in [0.25, 0.3) is 0 Å². The molecule has 1 amide bonds. The highest BCUT2D eigenvalue weighted by Gasteiger charge is 2.35. The molecule has 0 bridgehead atoms. The molecule has 1 aliphatic rings. The van der Waals surface area contributed by atoms with Crippen molar-refractivity contribution < 1.29 is 22.4 Å². The number of nitrogens with zero attached hydrogens (tertiary/aromatic N) is 2. The van der Waals surface area contributed by atoms with Crippen molar-refractivity contribution in [3.63, 3.8) is 0 Å². The van der Waals surface area contributed by atoms with Gasteiger partial charge in [-0.2, -0.15) is 5.26 Å². The van der Waals surface area contributed by atoms with Crippen molar-refractivity contribution in [3.05, 3.63) is 23.7 Å². The van der Waals surface area contributed by atoms with Crippen LogP contribution in [0.1, 0.15) is 29.5 Å². The lowest BCUT2D eigenvalue weighted by atomic mass is 9.96. The van der Waals surface area contributed by atoms with E-state index in [2.05, 4.69) is 0 Å². The fourth-order valence-electron chi connectivity index (χ4n) is 2.48. The zero-order valence-corrected chi connectivity index (χ0v) is 13.6. The number of rotatable bonds is 5. The Bertz CT molecular complexity index is 730. The molecule has 0 unspecified atom stereocenters. The van der Waals surface area contributed by atoms with Crippen molar-refractivity contribution in [1.82, 2.24) is 4.90 Å². The van der Waals surface area contributed by atoms with E-state index in [1.54, 1.807) is 6.07 Å². The van der Waals surface area contributed by atoms with Gasteiger partial charge in [-0.15, -0.1) is 0 Å². The van der Waals surface area contributed by atoms with Gasteiger partial charge < -0.3 is 9.32 Å². The van der Waals surface area contributed by atoms with Crippen LogP contribution in [0.25, 0.3) is 0 Å². The summed E-state index contributed by atoms with van der Waals surface area (Å²) < 4.78 is 28.1. The van der Waals surface area contributed by atoms with Gasteiger partial charge in [0.05, 0.1) is 29.4 Å². The van der Waals surface area contributed by atoms with Crippen LogP contribution in [0, 0.1) is 17.2 Å². The summed E-state index contributed by atoms with van der Waals surface area (Å²) >= 11 is 0. The summed E-state index contributed by atoms with van der Waals surface area (Å²) in [4.78, 5) is 26.2. The molecule has 1 aromatic rings. The molecule has 1 aromatic heterocycles. The smallest absolute Gasteiger partial charge is 0.248 e. The molecule has 0 aliphatic carbocycles. The summed E-state index contributed by atoms with van der Waals surface area (Å²) in [5, 5.41) is 9.25. The lowest BCUT2D eigenvalue weighted by molar-refractivity contribution is -0.132. The van der Waals surface area contributed by atoms with Crippen LogP contribution in [0.5, 0.6) is 0 Å². The first-order valence-electron chi connectivity index (χ1n) is 7.39. The van der Waals surface area contributed by atoms with E-state index in [1.165, 1.54) is 17.2 Å². The second-order valence-corrected chi connectivity index (χ2v) is 7.71. The van der Waals surface area contributed by atoms with Crippen molar-refractivity contribution in [2.24, 2.45) is 5.92 Å². The van der Waals surface area contributed by atoms with Crippen LogP contribution in [0.15, 0.2) is 16.7 Å². The summed E-state index contributed by atoms with van der Waals surface area (Å²) in [5.41, 5.74) is 0.247. The van der Waals surface area contributed by atoms with E-state index in [0.717, 1.165) is 6.42 Å². The number of ketones is 1. The number of carbonyl (C=O) groups is 2. The molecule has 1 fully saturated rings. The minimum atomic E-state index is -3.14. The third kappa shape index (κ3) is 3.79. The van der Waals surface area contributed by atoms with Crippen LogP contribution in [-0.2, 0) is 21.1 Å². The lowest BCUT2D eigenvalue weighted by Crippen LogP contribution is -2.47. The van der Waals surface area contributed by atoms with Crippen molar-refractivity contribution >= 4 is 21.5 Å². The monoisotopic (exact) mass is 338 g/mol. The van der Waals surface area contributed by atoms with Crippen molar-refractivity contribution in [2.45, 2.75) is 19.8 Å². The number of furan rings is 1. The van der Waals surface area contributed by atoms with Gasteiger partial charge in [0.1, 0.15) is 5.76 Å². The van der Waals surface area contributed by atoms with Gasteiger partial charge in [-0.1, -0.05) is 6.92 Å². The maximum Gasteiger partial charge on any atom is 0.248 e. The van der Waals surface area contributed by atoms with Gasteiger partial charge in [-0.05, 0) is 12.5 Å². The highest BCUT2D eigenvalue weighted by molar-refractivity contribution is 7.91. The first kappa shape index (κ1) is 17.2. The number of Topliss-reactive ketones (excluding diaryl/α,β-unsaturated/α-hetero) is 1. The Kier molecular flexibility index (Phi) is 5.21. The largest absolute Gasteiger partial charge is 0.469 e. The Balaban J connectivity index is 2.16. The Morgan fingerprint density at radius 1 is 1.39 bits per heavy atom. The Morgan fingerprint density at radius 3 is 2.61 bits per heavy atom. The number of nitriles is 1. The number of hydrogen-bond acceptors (Lipinski definition) is 6. The zero-order chi connectivity index (χ0) is 17.0. The topological polar surface area (TPSA) is 108 Å². The molecule has 8 heteroatoms. The van der Waals surface area contributed by atoms with Gasteiger partial charge in [0.2, 0.25) is 5.91 Å². The molecule has 7 nitrogen and oxygen atoms in total. The molecule has 23 heavy (non-hydrogen) atoms. The molecular weight excluding hydrogens is 320 g/mol. The minimum Gasteiger partial charge on any atom is -0.469 e. The molecule has 124 valence electrons. The number of sulfone groups is 1. The SMILES string of the molecule is CCCc1occc1C(=O)[C@@H](C#N)C(=O)N1CCS(=O)(=O)CC1. The second-order valence-electron chi connectivity index (χ2n) is 5.41. The standard InChI is InChI=1S/C15H18N2O5S/c1-2-3-13-11(4-7-22-13)14(18)12(10-16)15(19)17-5-8-23(20,21)9-6-17/h4,7,12H,2-3,5-6,8-9H2,1H3/t12-/m1/s1. The van der Waals surface area contributed by atoms with Crippen LogP contribution in [0.3, 0.4) is 0 Å². The van der Waals surface area contributed by atoms with Gasteiger partial charge in [-0.3, -0.25) is 9.59 Å². The van der Waals surface area contributed by atoms with Crippen LogP contribution in [-0.4, -0.2) is 49.6 Å². The first-order chi connectivity index (χ1) is 10.9. The average Bonchev–Trinajstić information content (AvgIpc) is 2.96. The molecule has 1 atom stereocenters. The summed E-state index contributed by atoms with van der Waals surface area (Å²) in [7, 11) is -3.14. The number of amides is 1. The predicted octanol–water partition coefficient (Wildman–Crippen LogP) is 0.812. The van der Waals surface area contributed by atoms with Gasteiger partial charge in [0, 0.05) is 19.5 Å². The lowest BCUT2D eigenvalue weighted by Gasteiger charge is -2.27. The number of hydrogen-bond donors (Lipinski definition) is 0. The normalized spacial score (nSPS) is 18.2. The minimum absolute atomic E-state index is 0.0137. The van der Waals surface area contributed by atoms with E-state index >= 15 is 0 Å². The molecular formula is C15H18N2O5S. The maximum atomic E-state index is 12.5. The van der Waals surface area contributed by atoms with Crippen molar-refractivity contribution in [3.8, 4) is 6.07 Å². The molecule has 0 aromatic carbocycles. The summed E-state index contributed by atoms with van der Waals surface area (Å²) in [5.74, 6) is -2.52. The Hall–Kier alpha value is -2.14. The fourth-order valence-corrected chi connectivity index (χ4v) is 3.68. The van der Waals surface area contributed by atoms with Gasteiger partial charge in [0.15, 0.2) is 21.5 Å². The highest BCUT2D eigenvalue weighted by atomic mass is 32.2. The maximum absolute atomic E-state index is 12.5. The molecule has 0 radical (unpaired) electrons. The first-order valence-corrected chi connectivity index (χ1v) is 9.21. The van der Waals surface area contributed by atoms with Crippen LogP contribution in [0.4, 0.5) is 0 Å². The molecule has 1 saturated heterocycles. The van der Waals surface area contributed by atoms with E-state index in [9.17, 15) is 23.3 Å². The van der Waals surface area contributed by atoms with Crippen LogP contribution >= 0.6 is 0 Å². The fraction of sp³-hybridized carbons (Fsp3) is 0.533. The van der Waals surface area contributed by atoms with E-state index in [-0.39, 0.29) is 30.2 Å². The van der Waals surface area contributed by atoms with E-state index in [1.807, 2.05) is 6.92 Å². The predicted molar refractivity (Wildman–Crippen MR) is 81.4 cm³/mol. The molecule has 0 N–H and O–H groups in total. The number of aryl methyl sites for hydroxylation is 1. The number of carbonyl (C=O) groups excluding carboxylic acids is 2. The van der Waals surface area contributed by atoms with E-state index < -0.39 is 27.4 Å². The zero-order valence-electron chi connectivity index (χ0n) is 12.8. The quantitative estimate of drug-likeness (QED) is 0.580. The molecule has 0 saturated carbocycles. The third-order valence-corrected chi connectivity index (χ3v) is 5.39. The van der Waals surface area contributed by atoms with Crippen molar-refractivity contribution in [2.75, 3.05) is 24.6 Å². The Labute approximate surface area is 134 Å². The summed E-state index contributed by atoms with van der Waals surface area (Å²) in [6.45, 7) is 1.96. The molecule has 2 rings (SSSR count). The molecule has 1 aliphatic heterocycles. The van der Waals surface area contributed by atoms with Crippen molar-refractivity contribution in [1.29, 1.82) is 5.26 Å². The Morgan fingerprint density at radius 2 is 2.04 bits per heavy atom. The van der Waals surface area contributed by atoms with E-state index in [0.29, 0.717) is 12.2 Å². The second kappa shape index (κ2) is 6.96. The van der Waals surface area contributed by atoms with Gasteiger partial charge in [-0.25, -0.2) is 8.42 Å². The average molecular weight is 338 g/mol. The molecule has 2 heterocycles. The summed E-state index contributed by atoms with van der Waals surface area (Å²) in [6, 6.07) is 3.21. The summed E-state index contributed by atoms with van der Waals surface area (Å²) in [6.07, 6.45) is 2.68. The molecule has 0 spiro atoms.